The average Bonchev–Trinajstić information content (AvgIpc) is 1.62. The predicted octanol–water partition coefficient (Wildman–Crippen LogP) is 9.50. The van der Waals surface area contributed by atoms with Crippen LogP contribution in [0, 0.1) is 95.4 Å². The van der Waals surface area contributed by atoms with Crippen molar-refractivity contribution in [2.75, 3.05) is 119 Å². The maximum absolute atomic E-state index is 9.22. The van der Waals surface area contributed by atoms with E-state index in [0.717, 1.165) is 11.1 Å². The molecule has 10 fully saturated rings. The summed E-state index contributed by atoms with van der Waals surface area (Å²) in [4.78, 5) is 16.9. The molecule has 18 unspecified atom stereocenters. The molecule has 32 nitrogen and oxygen atoms in total. The second kappa shape index (κ2) is 47.5. The molecule has 0 aliphatic carbocycles. The van der Waals surface area contributed by atoms with Crippen LogP contribution in [0.15, 0.2) is 106 Å². The molecule has 10 aliphatic rings. The molecule has 2 aromatic carbocycles. The summed E-state index contributed by atoms with van der Waals surface area (Å²) in [5, 5.41) is 44.2. The van der Waals surface area contributed by atoms with Crippen LogP contribution in [-0.2, 0) is 94.7 Å². The zero-order chi connectivity index (χ0) is 82.0. The van der Waals surface area contributed by atoms with Crippen LogP contribution in [0.3, 0.4) is 0 Å². The van der Waals surface area contributed by atoms with Gasteiger partial charge in [0.25, 0.3) is 0 Å². The second-order valence-electron chi connectivity index (χ2n) is 28.9. The number of hydrogen-bond donors (Lipinski definition) is 0. The molecule has 0 N–H and O–H groups in total. The van der Waals surface area contributed by atoms with E-state index in [-0.39, 0.29) is 184 Å². The average molecular weight is 1600 g/mol. The van der Waals surface area contributed by atoms with Gasteiger partial charge in [0, 0.05) is 6.92 Å². The monoisotopic (exact) mass is 1600 g/mol. The number of nitriles is 5. The molecule has 0 radical (unpaired) electrons. The quantitative estimate of drug-likeness (QED) is 0.0310. The largest absolute Gasteiger partial charge is 0.467 e. The van der Waals surface area contributed by atoms with Crippen LogP contribution >= 0.6 is 0 Å². The van der Waals surface area contributed by atoms with Crippen LogP contribution in [0.25, 0.3) is 24.2 Å². The Balaban J connectivity index is 0.000000155. The zero-order valence-electron chi connectivity index (χ0n) is 65.4. The highest BCUT2D eigenvalue weighted by Gasteiger charge is 2.55. The molecular weight excluding hydrogens is 1500 g/mol. The van der Waals surface area contributed by atoms with Gasteiger partial charge >= 0.3 is 0 Å². The number of ether oxygens (including phenoxy) is 20. The SMILES string of the molecule is [C-]#[N+]C(C)CO[C@@H]1COC2C1OC[C@@H]2OCC(C)C#N.[C-]#[N+]CC(C)O[C@@H]1COC2C1OC[C@@H]2OC(C)CC#N.[C-]#[N+]CC(O[C@@H]1COC2C1OC[C@@H]2OC(CC#N)c1ccccc1)c1ccccc1.[C-]#[N+]CC(O[C@@H]1COC2C1OC[C@@H]2OC(CC#N)c1ccco1)c1ccco1.[C-]#[N+]CCO[C@@H]1COC2C1OC[C@@H]2OCCC#N. The summed E-state index contributed by atoms with van der Waals surface area (Å²) in [7, 11) is 0. The summed E-state index contributed by atoms with van der Waals surface area (Å²) in [6, 6.07) is 37.1. The van der Waals surface area contributed by atoms with Crippen molar-refractivity contribution in [1.29, 1.82) is 26.3 Å². The maximum Gasteiger partial charge on any atom is 0.247 e. The fraction of sp³-hybridized carbons (Fsp3) is 0.643. The molecule has 28 atom stereocenters. The van der Waals surface area contributed by atoms with E-state index in [2.05, 4.69) is 48.5 Å². The first kappa shape index (κ1) is 89.4. The van der Waals surface area contributed by atoms with Crippen LogP contribution in [0.5, 0.6) is 0 Å². The predicted molar refractivity (Wildman–Crippen MR) is 403 cm³/mol. The highest BCUT2D eigenvalue weighted by atomic mass is 16.7. The summed E-state index contributed by atoms with van der Waals surface area (Å²) >= 11 is 0. The van der Waals surface area contributed by atoms with Crippen molar-refractivity contribution in [2.24, 2.45) is 5.92 Å². The maximum atomic E-state index is 9.22. The number of rotatable bonds is 34. The smallest absolute Gasteiger partial charge is 0.247 e. The molecule has 4 aromatic rings. The van der Waals surface area contributed by atoms with Crippen molar-refractivity contribution in [3.63, 3.8) is 0 Å². The van der Waals surface area contributed by atoms with Gasteiger partial charge in [0.2, 0.25) is 32.2 Å². The van der Waals surface area contributed by atoms with Gasteiger partial charge in [0.1, 0.15) is 159 Å². The molecule has 0 amide bonds. The van der Waals surface area contributed by atoms with Gasteiger partial charge in [-0.1, -0.05) is 60.7 Å². The number of fused-ring (bicyclic) bond motifs is 5. The highest BCUT2D eigenvalue weighted by molar-refractivity contribution is 5.21. The van der Waals surface area contributed by atoms with Crippen molar-refractivity contribution in [3.05, 3.63) is 177 Å². The Hall–Kier alpha value is -8.90. The first-order chi connectivity index (χ1) is 56.8. The molecule has 2 aromatic heterocycles. The third-order valence-corrected chi connectivity index (χ3v) is 20.5. The van der Waals surface area contributed by atoms with E-state index in [9.17, 15) is 5.26 Å². The Bertz CT molecular complexity index is 3760. The summed E-state index contributed by atoms with van der Waals surface area (Å²) in [6.07, 6.45) is -1.38. The Morgan fingerprint density at radius 3 is 1.14 bits per heavy atom. The minimum Gasteiger partial charge on any atom is -0.467 e. The van der Waals surface area contributed by atoms with Crippen LogP contribution in [0.4, 0.5) is 0 Å². The van der Waals surface area contributed by atoms with Gasteiger partial charge in [-0.05, 0) is 56.2 Å². The standard InChI is InChI=1S/C24H24N2O4.C20H20N2O6.2C14H20N2O4.C12H16N2O4/c1-26-14-20(18-10-6-3-7-11-18)30-22-16-28-23-21(15-27-24(22)23)29-19(12-13-25)17-8-4-2-5-9-17;1-22-10-16(14-5-3-9-24-14)28-18-12-26-19-17(11-25-20(18)19)27-15(6-7-21)13-4-2-8-23-13;1-9(4-15)5-17-11-7-19-14-12(8-20-13(11)14)18-6-10(2)16-3;1-9(4-5-15)19-11-7-17-14-12(8-18-13(11)14)20-10(2)6-16-3;1-14-4-6-16-10-8-18-11-9(7-17-12(10)11)15-5-2-3-13/h2-11,19-24H,12,14-16H2;2-5,8-9,15-20H,6,10-12H2;9-14H,5-8H2,1-2H3;9-14H,4,6-8H2,1-2H3;9-12H,2,4-8H2/t19?,20?,21-,22+,23?,24?;15?,16?,17-,18+,19?,20?;2*9?,10?,11-,12+,13?,14?;9-,10+,11?,12?/m00000/s1. The van der Waals surface area contributed by atoms with E-state index in [1.165, 1.54) is 0 Å². The molecule has 0 saturated carbocycles. The summed E-state index contributed by atoms with van der Waals surface area (Å²) in [5.74, 6) is 1.07. The van der Waals surface area contributed by atoms with Gasteiger partial charge in [-0.2, -0.15) is 26.3 Å². The minimum absolute atomic E-state index is 0.109. The van der Waals surface area contributed by atoms with Crippen molar-refractivity contribution < 1.29 is 104 Å². The van der Waals surface area contributed by atoms with Gasteiger partial charge in [-0.25, -0.2) is 32.9 Å². The molecular formula is C84H100N10O22. The van der Waals surface area contributed by atoms with Crippen molar-refractivity contribution >= 4 is 0 Å². The van der Waals surface area contributed by atoms with E-state index >= 15 is 0 Å². The summed E-state index contributed by atoms with van der Waals surface area (Å²) in [6.45, 7) is 49.2. The molecule has 0 spiro atoms. The third-order valence-electron chi connectivity index (χ3n) is 20.5. The molecule has 14 rings (SSSR count). The lowest BCUT2D eigenvalue weighted by Crippen LogP contribution is -2.36. The first-order valence-electron chi connectivity index (χ1n) is 39.1. The molecule has 32 heteroatoms. The van der Waals surface area contributed by atoms with E-state index in [1.54, 1.807) is 36.8 Å². The van der Waals surface area contributed by atoms with E-state index in [0.29, 0.717) is 130 Å². The van der Waals surface area contributed by atoms with Crippen molar-refractivity contribution in [3.8, 4) is 30.3 Å². The van der Waals surface area contributed by atoms with Gasteiger partial charge in [-0.3, -0.25) is 0 Å². The molecule has 618 valence electrons. The number of nitrogens with zero attached hydrogens (tertiary/aromatic N) is 10. The Morgan fingerprint density at radius 2 is 0.724 bits per heavy atom. The first-order valence-corrected chi connectivity index (χ1v) is 39.1. The zero-order valence-corrected chi connectivity index (χ0v) is 65.4. The lowest BCUT2D eigenvalue weighted by molar-refractivity contribution is -0.0906. The summed E-state index contributed by atoms with van der Waals surface area (Å²) < 4.78 is 127. The van der Waals surface area contributed by atoms with Crippen LogP contribution in [0.2, 0.25) is 0 Å². The van der Waals surface area contributed by atoms with Gasteiger partial charge in [0.05, 0.1) is 166 Å². The second-order valence-corrected chi connectivity index (χ2v) is 28.9. The molecule has 0 bridgehead atoms. The van der Waals surface area contributed by atoms with Gasteiger partial charge < -0.3 is 128 Å². The molecule has 116 heavy (non-hydrogen) atoms. The Labute approximate surface area is 677 Å². The molecule has 10 saturated heterocycles. The fourth-order valence-corrected chi connectivity index (χ4v) is 14.8. The lowest BCUT2D eigenvalue weighted by atomic mass is 10.1. The molecule has 10 aliphatic heterocycles. The van der Waals surface area contributed by atoms with Crippen LogP contribution in [0.1, 0.15) is 100 Å². The third kappa shape index (κ3) is 25.1. The Kier molecular flexibility index (Phi) is 36.6. The van der Waals surface area contributed by atoms with E-state index < -0.39 is 12.2 Å². The van der Waals surface area contributed by atoms with Crippen LogP contribution in [-0.4, -0.2) is 259 Å². The molecule has 12 heterocycles. The topological polar surface area (TPSA) is 352 Å². The lowest BCUT2D eigenvalue weighted by Gasteiger charge is -2.23. The van der Waals surface area contributed by atoms with E-state index in [4.69, 9.17) is 157 Å². The minimum atomic E-state index is -0.478. The number of benzene rings is 2. The van der Waals surface area contributed by atoms with Crippen molar-refractivity contribution in [2.45, 2.75) is 218 Å². The van der Waals surface area contributed by atoms with Gasteiger partial charge in [0.15, 0.2) is 12.2 Å². The van der Waals surface area contributed by atoms with Gasteiger partial charge in [-0.15, -0.1) is 0 Å². The Morgan fingerprint density at radius 1 is 0.362 bits per heavy atom. The van der Waals surface area contributed by atoms with Crippen molar-refractivity contribution in [1.82, 2.24) is 0 Å². The fourth-order valence-electron chi connectivity index (χ4n) is 14.8. The number of hydrogen-bond acceptors (Lipinski definition) is 27. The highest BCUT2D eigenvalue weighted by Crippen LogP contribution is 2.40. The summed E-state index contributed by atoms with van der Waals surface area (Å²) in [5.41, 5.74) is 1.94. The van der Waals surface area contributed by atoms with Crippen LogP contribution < -0.4 is 0 Å². The van der Waals surface area contributed by atoms with E-state index in [1.807, 2.05) is 94.4 Å². The normalized spacial score (nSPS) is 31.2. The number of furan rings is 2.